The van der Waals surface area contributed by atoms with Gasteiger partial charge in [-0.1, -0.05) is 6.92 Å². The third-order valence-corrected chi connectivity index (χ3v) is 2.42. The van der Waals surface area contributed by atoms with E-state index in [1.165, 1.54) is 0 Å². The maximum atomic E-state index is 11.8. The van der Waals surface area contributed by atoms with Gasteiger partial charge in [0.05, 0.1) is 12.5 Å². The summed E-state index contributed by atoms with van der Waals surface area (Å²) in [7, 11) is 0. The van der Waals surface area contributed by atoms with E-state index in [4.69, 9.17) is 5.11 Å². The van der Waals surface area contributed by atoms with Gasteiger partial charge in [-0.2, -0.15) is 0 Å². The number of likely N-dealkylation sites (N-methyl/N-ethyl adjacent to an activating group) is 1. The van der Waals surface area contributed by atoms with Crippen LogP contribution in [0.5, 0.6) is 0 Å². The van der Waals surface area contributed by atoms with Gasteiger partial charge in [0.25, 0.3) is 0 Å². The first-order valence-corrected chi connectivity index (χ1v) is 5.93. The molecule has 0 saturated carbocycles. The molecule has 17 heavy (non-hydrogen) atoms. The molecule has 0 bridgehead atoms. The molecule has 0 saturated heterocycles. The molecular formula is C12H24N2O3. The van der Waals surface area contributed by atoms with Crippen LogP contribution in [0.3, 0.4) is 0 Å². The highest BCUT2D eigenvalue weighted by Gasteiger charge is 2.20. The van der Waals surface area contributed by atoms with Crippen LogP contribution in [0.25, 0.3) is 0 Å². The number of hydrogen-bond donors (Lipinski definition) is 2. The van der Waals surface area contributed by atoms with Crippen molar-refractivity contribution in [1.29, 1.82) is 0 Å². The first-order chi connectivity index (χ1) is 7.67. The maximum absolute atomic E-state index is 11.8. The topological polar surface area (TPSA) is 69.6 Å². The van der Waals surface area contributed by atoms with Crippen molar-refractivity contribution in [3.05, 3.63) is 0 Å². The monoisotopic (exact) mass is 244 g/mol. The smallest absolute Gasteiger partial charge is 0.308 e. The van der Waals surface area contributed by atoms with E-state index in [1.54, 1.807) is 11.8 Å². The molecule has 1 unspecified atom stereocenters. The molecule has 100 valence electrons. The summed E-state index contributed by atoms with van der Waals surface area (Å²) in [6.07, 6.45) is 0. The molecule has 0 radical (unpaired) electrons. The molecule has 0 aliphatic carbocycles. The summed E-state index contributed by atoms with van der Waals surface area (Å²) < 4.78 is 0. The van der Waals surface area contributed by atoms with E-state index in [-0.39, 0.29) is 24.5 Å². The van der Waals surface area contributed by atoms with E-state index in [9.17, 15) is 9.59 Å². The third kappa shape index (κ3) is 6.94. The Morgan fingerprint density at radius 2 is 1.88 bits per heavy atom. The van der Waals surface area contributed by atoms with Crippen LogP contribution in [-0.2, 0) is 9.59 Å². The van der Waals surface area contributed by atoms with Crippen LogP contribution in [0.1, 0.15) is 34.6 Å². The second kappa shape index (κ2) is 6.59. The lowest BCUT2D eigenvalue weighted by Crippen LogP contribution is -2.46. The molecule has 5 heteroatoms. The number of amides is 1. The first-order valence-electron chi connectivity index (χ1n) is 5.93. The van der Waals surface area contributed by atoms with Crippen molar-refractivity contribution in [3.63, 3.8) is 0 Å². The molecule has 2 N–H and O–H groups in total. The molecule has 5 nitrogen and oxygen atoms in total. The zero-order valence-corrected chi connectivity index (χ0v) is 11.4. The lowest BCUT2D eigenvalue weighted by molar-refractivity contribution is -0.142. The number of rotatable bonds is 6. The van der Waals surface area contributed by atoms with E-state index in [1.807, 2.05) is 27.7 Å². The van der Waals surface area contributed by atoms with Crippen molar-refractivity contribution in [1.82, 2.24) is 10.2 Å². The summed E-state index contributed by atoms with van der Waals surface area (Å²) in [6, 6.07) is 0. The van der Waals surface area contributed by atoms with Crippen LogP contribution in [0.2, 0.25) is 0 Å². The van der Waals surface area contributed by atoms with E-state index in [2.05, 4.69) is 5.32 Å². The summed E-state index contributed by atoms with van der Waals surface area (Å²) in [4.78, 5) is 24.2. The standard InChI is InChI=1S/C12H24N2O3/c1-6-14(8-9(2)11(16)17)10(15)7-13-12(3,4)5/h9,13H,6-8H2,1-5H3,(H,16,17). The Kier molecular flexibility index (Phi) is 6.16. The zero-order valence-electron chi connectivity index (χ0n) is 11.4. The molecule has 0 fully saturated rings. The lowest BCUT2D eigenvalue weighted by Gasteiger charge is -2.26. The van der Waals surface area contributed by atoms with E-state index in [0.717, 1.165) is 0 Å². The van der Waals surface area contributed by atoms with E-state index in [0.29, 0.717) is 6.54 Å². The van der Waals surface area contributed by atoms with Crippen LogP contribution in [0, 0.1) is 5.92 Å². The van der Waals surface area contributed by atoms with Crippen LogP contribution >= 0.6 is 0 Å². The van der Waals surface area contributed by atoms with Gasteiger partial charge in [-0.3, -0.25) is 9.59 Å². The van der Waals surface area contributed by atoms with Gasteiger partial charge in [-0.15, -0.1) is 0 Å². The number of carbonyl (C=O) groups is 2. The van der Waals surface area contributed by atoms with Gasteiger partial charge < -0.3 is 15.3 Å². The van der Waals surface area contributed by atoms with Crippen molar-refractivity contribution < 1.29 is 14.7 Å². The number of nitrogens with one attached hydrogen (secondary N) is 1. The molecule has 1 atom stereocenters. The summed E-state index contributed by atoms with van der Waals surface area (Å²) in [5, 5.41) is 11.9. The molecule has 0 spiro atoms. The number of carbonyl (C=O) groups excluding carboxylic acids is 1. The number of carboxylic acid groups (broad SMARTS) is 1. The highest BCUT2D eigenvalue weighted by molar-refractivity contribution is 5.79. The fourth-order valence-electron chi connectivity index (χ4n) is 1.27. The van der Waals surface area contributed by atoms with Gasteiger partial charge in [0.2, 0.25) is 5.91 Å². The third-order valence-electron chi connectivity index (χ3n) is 2.42. The first kappa shape index (κ1) is 15.9. The molecule has 0 aliphatic rings. The molecule has 0 aromatic carbocycles. The summed E-state index contributed by atoms with van der Waals surface area (Å²) >= 11 is 0. The van der Waals surface area contributed by atoms with Gasteiger partial charge in [0.15, 0.2) is 0 Å². The van der Waals surface area contributed by atoms with Gasteiger partial charge in [-0.05, 0) is 27.7 Å². The Bertz CT molecular complexity index is 271. The number of nitrogens with zero attached hydrogens (tertiary/aromatic N) is 1. The summed E-state index contributed by atoms with van der Waals surface area (Å²) in [5.74, 6) is -1.47. The molecule has 0 heterocycles. The largest absolute Gasteiger partial charge is 0.481 e. The van der Waals surface area contributed by atoms with Crippen LogP contribution in [0.4, 0.5) is 0 Å². The van der Waals surface area contributed by atoms with Crippen molar-refractivity contribution in [2.75, 3.05) is 19.6 Å². The normalized spacial score (nSPS) is 13.2. The van der Waals surface area contributed by atoms with Crippen LogP contribution < -0.4 is 5.32 Å². The molecule has 1 amide bonds. The molecular weight excluding hydrogens is 220 g/mol. The van der Waals surface area contributed by atoms with E-state index < -0.39 is 11.9 Å². The fourth-order valence-corrected chi connectivity index (χ4v) is 1.27. The maximum Gasteiger partial charge on any atom is 0.308 e. The van der Waals surface area contributed by atoms with Crippen molar-refractivity contribution in [3.8, 4) is 0 Å². The van der Waals surface area contributed by atoms with Crippen molar-refractivity contribution in [2.45, 2.75) is 40.2 Å². The van der Waals surface area contributed by atoms with Crippen LogP contribution in [-0.4, -0.2) is 47.1 Å². The highest BCUT2D eigenvalue weighted by Crippen LogP contribution is 2.02. The Labute approximate surface area is 103 Å². The average Bonchev–Trinajstić information content (AvgIpc) is 2.20. The quantitative estimate of drug-likeness (QED) is 0.729. The van der Waals surface area contributed by atoms with Gasteiger partial charge >= 0.3 is 5.97 Å². The highest BCUT2D eigenvalue weighted by atomic mass is 16.4. The lowest BCUT2D eigenvalue weighted by atomic mass is 10.1. The average molecular weight is 244 g/mol. The second-order valence-electron chi connectivity index (χ2n) is 5.28. The van der Waals surface area contributed by atoms with Crippen molar-refractivity contribution in [2.24, 2.45) is 5.92 Å². The SMILES string of the molecule is CCN(CC(C)C(=O)O)C(=O)CNC(C)(C)C. The Balaban J connectivity index is 4.27. The fraction of sp³-hybridized carbons (Fsp3) is 0.833. The number of hydrogen-bond acceptors (Lipinski definition) is 3. The minimum atomic E-state index is -0.875. The Morgan fingerprint density at radius 3 is 2.24 bits per heavy atom. The molecule has 0 rings (SSSR count). The number of carboxylic acids is 1. The van der Waals surface area contributed by atoms with E-state index >= 15 is 0 Å². The van der Waals surface area contributed by atoms with Crippen molar-refractivity contribution >= 4 is 11.9 Å². The van der Waals surface area contributed by atoms with Gasteiger partial charge in [-0.25, -0.2) is 0 Å². The second-order valence-corrected chi connectivity index (χ2v) is 5.28. The summed E-state index contributed by atoms with van der Waals surface area (Å²) in [6.45, 7) is 10.4. The minimum absolute atomic E-state index is 0.0597. The molecule has 0 aliphatic heterocycles. The summed E-state index contributed by atoms with van der Waals surface area (Å²) in [5.41, 5.74) is -0.118. The predicted molar refractivity (Wildman–Crippen MR) is 66.8 cm³/mol. The Hall–Kier alpha value is -1.10. The van der Waals surface area contributed by atoms with Gasteiger partial charge in [0, 0.05) is 18.6 Å². The number of aliphatic carboxylic acids is 1. The predicted octanol–water partition coefficient (Wildman–Crippen LogP) is 0.944. The Morgan fingerprint density at radius 1 is 1.35 bits per heavy atom. The van der Waals surface area contributed by atoms with Gasteiger partial charge in [0.1, 0.15) is 0 Å². The molecule has 0 aromatic heterocycles. The van der Waals surface area contributed by atoms with Crippen LogP contribution in [0.15, 0.2) is 0 Å². The zero-order chi connectivity index (χ0) is 13.6. The molecule has 0 aromatic rings. The minimum Gasteiger partial charge on any atom is -0.481 e.